The average Bonchev–Trinajstić information content (AvgIpc) is 2.31. The van der Waals surface area contributed by atoms with Crippen LogP contribution < -0.4 is 11.1 Å². The molecule has 3 N–H and O–H groups in total. The Bertz CT molecular complexity index is 423. The largest absolute Gasteiger partial charge is 0.327 e. The second kappa shape index (κ2) is 7.51. The van der Waals surface area contributed by atoms with E-state index in [1.54, 1.807) is 24.3 Å². The quantitative estimate of drug-likeness (QED) is 0.838. The second-order valence-electron chi connectivity index (χ2n) is 3.97. The minimum Gasteiger partial charge on any atom is -0.327 e. The molecule has 100 valence electrons. The maximum absolute atomic E-state index is 11.6. The van der Waals surface area contributed by atoms with Gasteiger partial charge in [-0.2, -0.15) is 0 Å². The van der Waals surface area contributed by atoms with E-state index < -0.39 is 10.8 Å². The number of nitrogens with two attached hydrogens (primary N) is 1. The SMILES string of the molecule is CCC(N)CS(=O)CC(=O)Nc1ccc(Cl)cc1. The van der Waals surface area contributed by atoms with Crippen LogP contribution in [0, 0.1) is 0 Å². The normalized spacial score (nSPS) is 13.9. The number of amides is 1. The summed E-state index contributed by atoms with van der Waals surface area (Å²) in [6.45, 7) is 1.93. The van der Waals surface area contributed by atoms with Crippen molar-refractivity contribution >= 4 is 34.0 Å². The fraction of sp³-hybridized carbons (Fsp3) is 0.417. The predicted octanol–water partition coefficient (Wildman–Crippen LogP) is 1.76. The maximum atomic E-state index is 11.6. The Morgan fingerprint density at radius 2 is 2.06 bits per heavy atom. The van der Waals surface area contributed by atoms with Gasteiger partial charge in [-0.1, -0.05) is 18.5 Å². The molecule has 0 bridgehead atoms. The summed E-state index contributed by atoms with van der Waals surface area (Å²) in [6.07, 6.45) is 0.755. The van der Waals surface area contributed by atoms with E-state index in [2.05, 4.69) is 5.32 Å². The zero-order valence-electron chi connectivity index (χ0n) is 10.2. The molecule has 1 aromatic carbocycles. The van der Waals surface area contributed by atoms with E-state index in [4.69, 9.17) is 17.3 Å². The molecule has 0 aliphatic heterocycles. The van der Waals surface area contributed by atoms with Gasteiger partial charge in [-0.25, -0.2) is 0 Å². The third-order valence-corrected chi connectivity index (χ3v) is 3.98. The van der Waals surface area contributed by atoms with Crippen LogP contribution in [0.25, 0.3) is 0 Å². The first-order valence-corrected chi connectivity index (χ1v) is 7.53. The van der Waals surface area contributed by atoms with Gasteiger partial charge in [-0.15, -0.1) is 0 Å². The van der Waals surface area contributed by atoms with Crippen molar-refractivity contribution in [2.24, 2.45) is 5.73 Å². The lowest BCUT2D eigenvalue weighted by Crippen LogP contribution is -2.30. The summed E-state index contributed by atoms with van der Waals surface area (Å²) in [5.41, 5.74) is 6.32. The molecule has 0 aliphatic rings. The fourth-order valence-electron chi connectivity index (χ4n) is 1.29. The van der Waals surface area contributed by atoms with E-state index in [1.165, 1.54) is 0 Å². The van der Waals surface area contributed by atoms with Crippen LogP contribution in [0.15, 0.2) is 24.3 Å². The van der Waals surface area contributed by atoms with E-state index in [-0.39, 0.29) is 17.7 Å². The maximum Gasteiger partial charge on any atom is 0.236 e. The Labute approximate surface area is 114 Å². The summed E-state index contributed by atoms with van der Waals surface area (Å²) in [4.78, 5) is 11.6. The van der Waals surface area contributed by atoms with Crippen molar-refractivity contribution in [2.45, 2.75) is 19.4 Å². The summed E-state index contributed by atoms with van der Waals surface area (Å²) >= 11 is 5.73. The molecule has 0 spiro atoms. The van der Waals surface area contributed by atoms with Gasteiger partial charge in [0.2, 0.25) is 5.91 Å². The van der Waals surface area contributed by atoms with Crippen LogP contribution in [0.2, 0.25) is 5.02 Å². The van der Waals surface area contributed by atoms with Crippen LogP contribution in [0.1, 0.15) is 13.3 Å². The van der Waals surface area contributed by atoms with Crippen molar-refractivity contribution in [2.75, 3.05) is 16.8 Å². The first-order valence-electron chi connectivity index (χ1n) is 5.67. The van der Waals surface area contributed by atoms with Gasteiger partial charge in [0, 0.05) is 33.3 Å². The Balaban J connectivity index is 2.42. The molecule has 0 fully saturated rings. The monoisotopic (exact) mass is 288 g/mol. The molecular formula is C12H17ClN2O2S. The highest BCUT2D eigenvalue weighted by Crippen LogP contribution is 2.13. The highest BCUT2D eigenvalue weighted by molar-refractivity contribution is 7.85. The number of rotatable bonds is 6. The van der Waals surface area contributed by atoms with Crippen LogP contribution in [0.4, 0.5) is 5.69 Å². The molecule has 18 heavy (non-hydrogen) atoms. The summed E-state index contributed by atoms with van der Waals surface area (Å²) in [6, 6.07) is 6.64. The van der Waals surface area contributed by atoms with Gasteiger partial charge in [0.1, 0.15) is 5.75 Å². The number of hydrogen-bond donors (Lipinski definition) is 2. The number of carbonyl (C=O) groups excluding carboxylic acids is 1. The van der Waals surface area contributed by atoms with E-state index in [0.717, 1.165) is 6.42 Å². The molecular weight excluding hydrogens is 272 g/mol. The smallest absolute Gasteiger partial charge is 0.236 e. The number of nitrogens with one attached hydrogen (secondary N) is 1. The third-order valence-electron chi connectivity index (χ3n) is 2.34. The predicted molar refractivity (Wildman–Crippen MR) is 76.2 cm³/mol. The highest BCUT2D eigenvalue weighted by atomic mass is 35.5. The lowest BCUT2D eigenvalue weighted by molar-refractivity contribution is -0.113. The van der Waals surface area contributed by atoms with Crippen LogP contribution >= 0.6 is 11.6 Å². The lowest BCUT2D eigenvalue weighted by atomic mass is 10.3. The zero-order valence-corrected chi connectivity index (χ0v) is 11.8. The van der Waals surface area contributed by atoms with Gasteiger partial charge < -0.3 is 11.1 Å². The van der Waals surface area contributed by atoms with E-state index in [1.807, 2.05) is 6.92 Å². The highest BCUT2D eigenvalue weighted by Gasteiger charge is 2.11. The van der Waals surface area contributed by atoms with E-state index >= 15 is 0 Å². The van der Waals surface area contributed by atoms with Crippen molar-refractivity contribution in [1.82, 2.24) is 0 Å². The Morgan fingerprint density at radius 3 is 2.61 bits per heavy atom. The standard InChI is InChI=1S/C12H17ClN2O2S/c1-2-10(14)7-18(17)8-12(16)15-11-5-3-9(13)4-6-11/h3-6,10H,2,7-8,14H2,1H3,(H,15,16). The first-order chi connectivity index (χ1) is 8.51. The van der Waals surface area contributed by atoms with Crippen LogP contribution in [0.3, 0.4) is 0 Å². The molecule has 1 aromatic rings. The fourth-order valence-corrected chi connectivity index (χ4v) is 2.61. The van der Waals surface area contributed by atoms with Crippen molar-refractivity contribution in [3.8, 4) is 0 Å². The van der Waals surface area contributed by atoms with Crippen molar-refractivity contribution in [3.63, 3.8) is 0 Å². The first kappa shape index (κ1) is 15.1. The summed E-state index contributed by atoms with van der Waals surface area (Å²) in [5, 5.41) is 3.26. The third kappa shape index (κ3) is 5.62. The molecule has 0 heterocycles. The minimum absolute atomic E-state index is 0.0314. The molecule has 0 radical (unpaired) electrons. The van der Waals surface area contributed by atoms with Gasteiger partial charge in [0.25, 0.3) is 0 Å². The van der Waals surface area contributed by atoms with E-state index in [9.17, 15) is 9.00 Å². The van der Waals surface area contributed by atoms with Gasteiger partial charge in [-0.3, -0.25) is 9.00 Å². The number of carbonyl (C=O) groups is 1. The second-order valence-corrected chi connectivity index (χ2v) is 5.91. The molecule has 0 aromatic heterocycles. The van der Waals surface area contributed by atoms with Gasteiger partial charge >= 0.3 is 0 Å². The Kier molecular flexibility index (Phi) is 6.32. The molecule has 1 rings (SSSR count). The summed E-state index contributed by atoms with van der Waals surface area (Å²) < 4.78 is 11.6. The van der Waals surface area contributed by atoms with Gasteiger partial charge in [0.05, 0.1) is 0 Å². The molecule has 0 saturated carbocycles. The lowest BCUT2D eigenvalue weighted by Gasteiger charge is -2.08. The van der Waals surface area contributed by atoms with Crippen molar-refractivity contribution in [3.05, 3.63) is 29.3 Å². The Hall–Kier alpha value is -0.910. The number of hydrogen-bond acceptors (Lipinski definition) is 3. The van der Waals surface area contributed by atoms with Crippen LogP contribution in [-0.2, 0) is 15.6 Å². The molecule has 0 saturated heterocycles. The number of halogens is 1. The molecule has 2 unspecified atom stereocenters. The molecule has 0 aliphatic carbocycles. The number of benzene rings is 1. The summed E-state index contributed by atoms with van der Waals surface area (Å²) in [7, 11) is -1.22. The number of anilines is 1. The average molecular weight is 289 g/mol. The van der Waals surface area contributed by atoms with Crippen LogP contribution in [0.5, 0.6) is 0 Å². The molecule has 2 atom stereocenters. The molecule has 4 nitrogen and oxygen atoms in total. The van der Waals surface area contributed by atoms with E-state index in [0.29, 0.717) is 16.5 Å². The van der Waals surface area contributed by atoms with Crippen LogP contribution in [-0.4, -0.2) is 27.7 Å². The zero-order chi connectivity index (χ0) is 13.5. The van der Waals surface area contributed by atoms with Crippen molar-refractivity contribution in [1.29, 1.82) is 0 Å². The molecule has 6 heteroatoms. The Morgan fingerprint density at radius 1 is 1.44 bits per heavy atom. The topological polar surface area (TPSA) is 72.2 Å². The van der Waals surface area contributed by atoms with Crippen molar-refractivity contribution < 1.29 is 9.00 Å². The van der Waals surface area contributed by atoms with Gasteiger partial charge in [0.15, 0.2) is 0 Å². The minimum atomic E-state index is -1.22. The summed E-state index contributed by atoms with van der Waals surface area (Å²) in [5.74, 6) is 0.0416. The molecule has 1 amide bonds. The van der Waals surface area contributed by atoms with Gasteiger partial charge in [-0.05, 0) is 30.7 Å².